The molecule has 1 amide bonds. The number of halogens is 1. The van der Waals surface area contributed by atoms with Crippen molar-refractivity contribution >= 4 is 17.5 Å². The summed E-state index contributed by atoms with van der Waals surface area (Å²) in [5.41, 5.74) is 0.808. The van der Waals surface area contributed by atoms with Gasteiger partial charge in [-0.2, -0.15) is 0 Å². The Bertz CT molecular complexity index is 711. The maximum absolute atomic E-state index is 13.0. The highest BCUT2D eigenvalue weighted by Crippen LogP contribution is 2.40. The van der Waals surface area contributed by atoms with Gasteiger partial charge in [0.1, 0.15) is 0 Å². The second kappa shape index (κ2) is 8.03. The molecule has 4 heteroatoms. The molecule has 0 heterocycles. The quantitative estimate of drug-likeness (QED) is 0.831. The molecular weight excluding hydrogens is 334 g/mol. The van der Waals surface area contributed by atoms with Crippen molar-refractivity contribution < 1.29 is 9.90 Å². The van der Waals surface area contributed by atoms with Crippen LogP contribution in [0.4, 0.5) is 0 Å². The molecule has 0 aliphatic heterocycles. The predicted molar refractivity (Wildman–Crippen MR) is 101 cm³/mol. The molecule has 2 N–H and O–H groups in total. The van der Waals surface area contributed by atoms with Crippen LogP contribution in [0, 0.1) is 0 Å². The fraction of sp³-hybridized carbons (Fsp3) is 0.381. The maximum Gasteiger partial charge on any atom is 0.230 e. The van der Waals surface area contributed by atoms with E-state index in [1.54, 1.807) is 12.1 Å². The lowest BCUT2D eigenvalue weighted by molar-refractivity contribution is -0.131. The Morgan fingerprint density at radius 3 is 2.48 bits per heavy atom. The minimum Gasteiger partial charge on any atom is -0.389 e. The van der Waals surface area contributed by atoms with Crippen LogP contribution in [0.2, 0.25) is 5.02 Å². The van der Waals surface area contributed by atoms with Gasteiger partial charge in [0.2, 0.25) is 5.91 Å². The number of benzene rings is 2. The lowest BCUT2D eigenvalue weighted by atomic mass is 9.72. The van der Waals surface area contributed by atoms with E-state index >= 15 is 0 Å². The van der Waals surface area contributed by atoms with E-state index in [-0.39, 0.29) is 5.91 Å². The van der Waals surface area contributed by atoms with E-state index in [9.17, 15) is 9.90 Å². The Labute approximate surface area is 154 Å². The molecule has 0 spiro atoms. The van der Waals surface area contributed by atoms with Crippen LogP contribution in [0.15, 0.2) is 54.6 Å². The van der Waals surface area contributed by atoms with Crippen molar-refractivity contribution in [2.24, 2.45) is 0 Å². The summed E-state index contributed by atoms with van der Waals surface area (Å²) < 4.78 is 0. The molecule has 1 fully saturated rings. The first-order chi connectivity index (χ1) is 12.1. The summed E-state index contributed by atoms with van der Waals surface area (Å²) >= 11 is 6.14. The molecule has 2 aromatic carbocycles. The zero-order chi connectivity index (χ0) is 17.7. The fourth-order valence-electron chi connectivity index (χ4n) is 3.73. The predicted octanol–water partition coefficient (Wildman–Crippen LogP) is 4.44. The van der Waals surface area contributed by atoms with Gasteiger partial charge in [0.25, 0.3) is 0 Å². The van der Waals surface area contributed by atoms with Crippen molar-refractivity contribution in [2.45, 2.75) is 50.2 Å². The molecule has 1 aliphatic carbocycles. The summed E-state index contributed by atoms with van der Waals surface area (Å²) in [4.78, 5) is 13.0. The zero-order valence-corrected chi connectivity index (χ0v) is 15.0. The number of hydrogen-bond donors (Lipinski definition) is 2. The lowest BCUT2D eigenvalue weighted by Crippen LogP contribution is -2.46. The second-order valence-electron chi connectivity index (χ2n) is 6.86. The zero-order valence-electron chi connectivity index (χ0n) is 14.2. The number of aliphatic hydroxyl groups is 1. The van der Waals surface area contributed by atoms with E-state index in [1.165, 1.54) is 0 Å². The fourth-order valence-corrected chi connectivity index (χ4v) is 3.93. The van der Waals surface area contributed by atoms with Gasteiger partial charge >= 0.3 is 0 Å². The second-order valence-corrected chi connectivity index (χ2v) is 7.29. The lowest BCUT2D eigenvalue weighted by Gasteiger charge is -2.38. The Hall–Kier alpha value is -1.84. The highest BCUT2D eigenvalue weighted by molar-refractivity contribution is 6.30. The van der Waals surface area contributed by atoms with Crippen LogP contribution in [0.1, 0.15) is 49.1 Å². The van der Waals surface area contributed by atoms with E-state index < -0.39 is 11.5 Å². The van der Waals surface area contributed by atoms with Crippen LogP contribution < -0.4 is 5.32 Å². The highest BCUT2D eigenvalue weighted by Gasteiger charge is 2.43. The van der Waals surface area contributed by atoms with Crippen molar-refractivity contribution in [3.8, 4) is 0 Å². The number of rotatable bonds is 5. The largest absolute Gasteiger partial charge is 0.389 e. The summed E-state index contributed by atoms with van der Waals surface area (Å²) in [7, 11) is 0. The van der Waals surface area contributed by atoms with Crippen LogP contribution in [0.5, 0.6) is 0 Å². The number of carbonyl (C=O) groups is 1. The molecule has 3 rings (SSSR count). The molecule has 25 heavy (non-hydrogen) atoms. The maximum atomic E-state index is 13.0. The molecule has 132 valence electrons. The van der Waals surface area contributed by atoms with E-state index in [4.69, 9.17) is 11.6 Å². The molecule has 3 nitrogen and oxygen atoms in total. The van der Waals surface area contributed by atoms with Gasteiger partial charge < -0.3 is 10.4 Å². The van der Waals surface area contributed by atoms with Crippen LogP contribution in [0.3, 0.4) is 0 Å². The molecule has 0 bridgehead atoms. The van der Waals surface area contributed by atoms with E-state index in [0.717, 1.165) is 30.4 Å². The molecule has 1 aliphatic rings. The molecule has 1 atom stereocenters. The Morgan fingerprint density at radius 2 is 1.80 bits per heavy atom. The van der Waals surface area contributed by atoms with Crippen molar-refractivity contribution in [3.05, 3.63) is 70.7 Å². The minimum absolute atomic E-state index is 0.143. The summed E-state index contributed by atoms with van der Waals surface area (Å²) in [5, 5.41) is 14.8. The molecule has 2 aromatic rings. The van der Waals surface area contributed by atoms with Gasteiger partial charge in [-0.25, -0.2) is 0 Å². The van der Waals surface area contributed by atoms with E-state index in [0.29, 0.717) is 24.4 Å². The standard InChI is InChI=1S/C21H24ClNO2/c22-18-11-7-10-17(14-18)19(21(25)12-5-2-6-13-21)20(24)23-15-16-8-3-1-4-9-16/h1,3-4,7-11,14,19,25H,2,5-6,12-13,15H2,(H,23,24). The molecule has 0 radical (unpaired) electrons. The third kappa shape index (κ3) is 4.42. The monoisotopic (exact) mass is 357 g/mol. The number of hydrogen-bond acceptors (Lipinski definition) is 2. The molecule has 1 saturated carbocycles. The number of nitrogens with one attached hydrogen (secondary N) is 1. The Morgan fingerprint density at radius 1 is 1.08 bits per heavy atom. The highest BCUT2D eigenvalue weighted by atomic mass is 35.5. The number of amides is 1. The van der Waals surface area contributed by atoms with Gasteiger partial charge in [0.05, 0.1) is 11.5 Å². The average Bonchev–Trinajstić information content (AvgIpc) is 2.61. The van der Waals surface area contributed by atoms with Gasteiger partial charge in [-0.1, -0.05) is 73.3 Å². The summed E-state index contributed by atoms with van der Waals surface area (Å²) in [6, 6.07) is 17.1. The number of carbonyl (C=O) groups excluding carboxylic acids is 1. The van der Waals surface area contributed by atoms with Gasteiger partial charge in [-0.05, 0) is 36.1 Å². The summed E-state index contributed by atoms with van der Waals surface area (Å²) in [6.45, 7) is 0.451. The first-order valence-electron chi connectivity index (χ1n) is 8.88. The van der Waals surface area contributed by atoms with Crippen LogP contribution in [0.25, 0.3) is 0 Å². The normalized spacial score (nSPS) is 17.7. The van der Waals surface area contributed by atoms with Crippen molar-refractivity contribution in [1.29, 1.82) is 0 Å². The molecule has 0 aromatic heterocycles. The van der Waals surface area contributed by atoms with Crippen LogP contribution in [-0.4, -0.2) is 16.6 Å². The van der Waals surface area contributed by atoms with Crippen molar-refractivity contribution in [2.75, 3.05) is 0 Å². The SMILES string of the molecule is O=C(NCc1ccccc1)C(c1cccc(Cl)c1)C1(O)CCCCC1. The van der Waals surface area contributed by atoms with Crippen LogP contribution in [-0.2, 0) is 11.3 Å². The Kier molecular flexibility index (Phi) is 5.77. The molecule has 0 saturated heterocycles. The van der Waals surface area contributed by atoms with Gasteiger partial charge in [-0.15, -0.1) is 0 Å². The van der Waals surface area contributed by atoms with Gasteiger partial charge in [0.15, 0.2) is 0 Å². The van der Waals surface area contributed by atoms with E-state index in [1.807, 2.05) is 42.5 Å². The van der Waals surface area contributed by atoms with Gasteiger partial charge in [-0.3, -0.25) is 4.79 Å². The summed E-state index contributed by atoms with van der Waals surface area (Å²) in [5.74, 6) is -0.745. The Balaban J connectivity index is 1.83. The van der Waals surface area contributed by atoms with Crippen molar-refractivity contribution in [3.63, 3.8) is 0 Å². The first kappa shape index (κ1) is 18.0. The average molecular weight is 358 g/mol. The topological polar surface area (TPSA) is 49.3 Å². The smallest absolute Gasteiger partial charge is 0.230 e. The minimum atomic E-state index is -1.01. The molecular formula is C21H24ClNO2. The van der Waals surface area contributed by atoms with E-state index in [2.05, 4.69) is 5.32 Å². The first-order valence-corrected chi connectivity index (χ1v) is 9.26. The summed E-state index contributed by atoms with van der Waals surface area (Å²) in [6.07, 6.45) is 4.28. The van der Waals surface area contributed by atoms with Crippen molar-refractivity contribution in [1.82, 2.24) is 5.32 Å². The third-order valence-electron chi connectivity index (χ3n) is 5.01. The third-order valence-corrected chi connectivity index (χ3v) is 5.25. The molecule has 1 unspecified atom stereocenters. The van der Waals surface area contributed by atoms with Gasteiger partial charge in [0, 0.05) is 11.6 Å². The van der Waals surface area contributed by atoms with Crippen LogP contribution >= 0.6 is 11.6 Å².